The molecule has 0 aliphatic heterocycles. The lowest BCUT2D eigenvalue weighted by atomic mass is 10.1. The minimum Gasteiger partial charge on any atom is -0.465 e. The van der Waals surface area contributed by atoms with Gasteiger partial charge in [0.2, 0.25) is 0 Å². The van der Waals surface area contributed by atoms with Crippen molar-refractivity contribution in [2.45, 2.75) is 13.8 Å². The number of ether oxygens (including phenoxy) is 2. The average Bonchev–Trinajstić information content (AvgIpc) is 2.86. The average molecular weight is 365 g/mol. The number of carbonyl (C=O) groups excluding carboxylic acids is 3. The van der Waals surface area contributed by atoms with Crippen molar-refractivity contribution >= 4 is 34.2 Å². The maximum Gasteiger partial charge on any atom is 0.341 e. The predicted molar refractivity (Wildman–Crippen MR) is 90.4 cm³/mol. The lowest BCUT2D eigenvalue weighted by Crippen LogP contribution is -2.22. The van der Waals surface area contributed by atoms with Crippen molar-refractivity contribution in [2.24, 2.45) is 0 Å². The van der Waals surface area contributed by atoms with Crippen LogP contribution in [0.25, 0.3) is 0 Å². The number of hydrogen-bond acceptors (Lipinski definition) is 6. The van der Waals surface area contributed by atoms with Crippen molar-refractivity contribution in [3.63, 3.8) is 0 Å². The van der Waals surface area contributed by atoms with Crippen LogP contribution in [0.1, 0.15) is 31.2 Å². The Balaban J connectivity index is 2.04. The molecule has 2 rings (SSSR count). The van der Waals surface area contributed by atoms with E-state index in [1.165, 1.54) is 36.6 Å². The number of carbonyl (C=O) groups is 3. The van der Waals surface area contributed by atoms with E-state index < -0.39 is 30.3 Å². The largest absolute Gasteiger partial charge is 0.465 e. The molecule has 0 atom stereocenters. The quantitative estimate of drug-likeness (QED) is 0.824. The van der Waals surface area contributed by atoms with E-state index in [1.807, 2.05) is 0 Å². The molecule has 1 aromatic heterocycles. The van der Waals surface area contributed by atoms with Gasteiger partial charge in [-0.1, -0.05) is 12.1 Å². The number of rotatable bonds is 5. The first-order chi connectivity index (χ1) is 11.8. The summed E-state index contributed by atoms with van der Waals surface area (Å²) >= 11 is 1.21. The summed E-state index contributed by atoms with van der Waals surface area (Å²) in [7, 11) is 1.25. The molecule has 0 radical (unpaired) electrons. The molecule has 0 aliphatic rings. The Hall–Kier alpha value is -2.74. The summed E-state index contributed by atoms with van der Waals surface area (Å²) in [5, 5.41) is 2.83. The zero-order chi connectivity index (χ0) is 18.6. The molecule has 8 heteroatoms. The van der Waals surface area contributed by atoms with E-state index in [1.54, 1.807) is 13.8 Å². The van der Waals surface area contributed by atoms with Gasteiger partial charge in [-0.15, -0.1) is 11.3 Å². The van der Waals surface area contributed by atoms with Gasteiger partial charge in [0, 0.05) is 4.88 Å². The number of nitrogens with one attached hydrogen (secondary N) is 1. The fourth-order valence-electron chi connectivity index (χ4n) is 2.06. The molecule has 0 saturated heterocycles. The normalized spacial score (nSPS) is 10.2. The van der Waals surface area contributed by atoms with Crippen LogP contribution in [0.15, 0.2) is 24.3 Å². The topological polar surface area (TPSA) is 81.7 Å². The van der Waals surface area contributed by atoms with E-state index in [4.69, 9.17) is 9.47 Å². The highest BCUT2D eigenvalue weighted by Gasteiger charge is 2.22. The minimum absolute atomic E-state index is 0.256. The molecule has 0 aliphatic carbocycles. The molecule has 0 bridgehead atoms. The smallest absolute Gasteiger partial charge is 0.341 e. The van der Waals surface area contributed by atoms with Crippen molar-refractivity contribution in [1.82, 2.24) is 0 Å². The molecule has 132 valence electrons. The van der Waals surface area contributed by atoms with E-state index in [-0.39, 0.29) is 11.1 Å². The van der Waals surface area contributed by atoms with Crippen LogP contribution in [0.5, 0.6) is 0 Å². The molecular weight excluding hydrogens is 349 g/mol. The molecule has 25 heavy (non-hydrogen) atoms. The lowest BCUT2D eigenvalue weighted by molar-refractivity contribution is -0.119. The first-order valence-electron chi connectivity index (χ1n) is 7.25. The molecule has 1 heterocycles. The van der Waals surface area contributed by atoms with Crippen LogP contribution in [0.4, 0.5) is 9.39 Å². The van der Waals surface area contributed by atoms with Gasteiger partial charge in [0.05, 0.1) is 18.2 Å². The maximum absolute atomic E-state index is 13.5. The minimum atomic E-state index is -0.944. The van der Waals surface area contributed by atoms with Gasteiger partial charge in [0.15, 0.2) is 6.61 Å². The van der Waals surface area contributed by atoms with Crippen LogP contribution < -0.4 is 5.32 Å². The van der Waals surface area contributed by atoms with E-state index in [9.17, 15) is 18.8 Å². The monoisotopic (exact) mass is 365 g/mol. The van der Waals surface area contributed by atoms with E-state index in [0.717, 1.165) is 10.9 Å². The Bertz CT molecular complexity index is 830. The molecular formula is C17H16FNO5S. The molecule has 2 aromatic rings. The Kier molecular flexibility index (Phi) is 5.87. The van der Waals surface area contributed by atoms with Gasteiger partial charge >= 0.3 is 11.9 Å². The van der Waals surface area contributed by atoms with Crippen LogP contribution in [0.3, 0.4) is 0 Å². The predicted octanol–water partition coefficient (Wildman–Crippen LogP) is 3.09. The summed E-state index contributed by atoms with van der Waals surface area (Å²) in [5.41, 5.74) is 0.711. The zero-order valence-electron chi connectivity index (χ0n) is 13.8. The van der Waals surface area contributed by atoms with Crippen LogP contribution in [0, 0.1) is 19.7 Å². The molecule has 0 spiro atoms. The number of thiophene rings is 1. The second-order valence-corrected chi connectivity index (χ2v) is 6.31. The van der Waals surface area contributed by atoms with Gasteiger partial charge in [-0.05, 0) is 31.5 Å². The van der Waals surface area contributed by atoms with E-state index >= 15 is 0 Å². The summed E-state index contributed by atoms with van der Waals surface area (Å²) in [4.78, 5) is 36.5. The van der Waals surface area contributed by atoms with Crippen LogP contribution in [-0.4, -0.2) is 31.6 Å². The molecule has 0 fully saturated rings. The highest BCUT2D eigenvalue weighted by Crippen LogP contribution is 2.32. The van der Waals surface area contributed by atoms with Gasteiger partial charge < -0.3 is 14.8 Å². The Morgan fingerprint density at radius 3 is 2.48 bits per heavy atom. The highest BCUT2D eigenvalue weighted by atomic mass is 32.1. The Labute approximate surface area is 147 Å². The van der Waals surface area contributed by atoms with Crippen LogP contribution in [-0.2, 0) is 14.3 Å². The number of halogens is 1. The second-order valence-electron chi connectivity index (χ2n) is 5.08. The Morgan fingerprint density at radius 2 is 1.84 bits per heavy atom. The summed E-state index contributed by atoms with van der Waals surface area (Å²) in [5.74, 6) is -2.89. The number of esters is 2. The number of anilines is 1. The van der Waals surface area contributed by atoms with Crippen molar-refractivity contribution in [1.29, 1.82) is 0 Å². The van der Waals surface area contributed by atoms with Crippen molar-refractivity contribution in [2.75, 3.05) is 19.0 Å². The third kappa shape index (κ3) is 4.21. The summed E-state index contributed by atoms with van der Waals surface area (Å²) in [6.45, 7) is 2.94. The van der Waals surface area contributed by atoms with Crippen molar-refractivity contribution in [3.05, 3.63) is 51.7 Å². The Morgan fingerprint density at radius 1 is 1.16 bits per heavy atom. The number of amides is 1. The summed E-state index contributed by atoms with van der Waals surface area (Å²) < 4.78 is 23.0. The third-order valence-corrected chi connectivity index (χ3v) is 4.58. The SMILES string of the molecule is COC(=O)c1c(NC(=O)COC(=O)c2ccccc2F)sc(C)c1C. The standard InChI is InChI=1S/C17H16FNO5S/c1-9-10(2)25-15(14(9)17(22)23-3)19-13(20)8-24-16(21)11-6-4-5-7-12(11)18/h4-7H,8H2,1-3H3,(H,19,20). The first-order valence-corrected chi connectivity index (χ1v) is 8.06. The molecule has 1 amide bonds. The lowest BCUT2D eigenvalue weighted by Gasteiger charge is -2.07. The zero-order valence-corrected chi connectivity index (χ0v) is 14.7. The molecule has 0 unspecified atom stereocenters. The fraction of sp³-hybridized carbons (Fsp3) is 0.235. The number of methoxy groups -OCH3 is 1. The third-order valence-electron chi connectivity index (χ3n) is 3.46. The van der Waals surface area contributed by atoms with Gasteiger partial charge in [-0.2, -0.15) is 0 Å². The van der Waals surface area contributed by atoms with Gasteiger partial charge in [0.25, 0.3) is 5.91 Å². The molecule has 6 nitrogen and oxygen atoms in total. The van der Waals surface area contributed by atoms with Crippen molar-refractivity contribution in [3.8, 4) is 0 Å². The van der Waals surface area contributed by atoms with Gasteiger partial charge in [-0.3, -0.25) is 4.79 Å². The molecule has 1 aromatic carbocycles. The maximum atomic E-state index is 13.5. The molecule has 0 saturated carbocycles. The van der Waals surface area contributed by atoms with Gasteiger partial charge in [0.1, 0.15) is 10.8 Å². The second kappa shape index (κ2) is 7.89. The highest BCUT2D eigenvalue weighted by molar-refractivity contribution is 7.16. The summed E-state index contributed by atoms with van der Waals surface area (Å²) in [6, 6.07) is 5.31. The summed E-state index contributed by atoms with van der Waals surface area (Å²) in [6.07, 6.45) is 0. The molecule has 1 N–H and O–H groups in total. The van der Waals surface area contributed by atoms with Crippen molar-refractivity contribution < 1.29 is 28.2 Å². The number of benzene rings is 1. The first kappa shape index (κ1) is 18.6. The van der Waals surface area contributed by atoms with E-state index in [0.29, 0.717) is 10.6 Å². The van der Waals surface area contributed by atoms with Crippen LogP contribution in [0.2, 0.25) is 0 Å². The fourth-order valence-corrected chi connectivity index (χ4v) is 3.13. The van der Waals surface area contributed by atoms with E-state index in [2.05, 4.69) is 5.32 Å². The van der Waals surface area contributed by atoms with Gasteiger partial charge in [-0.25, -0.2) is 14.0 Å². The van der Waals surface area contributed by atoms with Crippen LogP contribution >= 0.6 is 11.3 Å². The number of hydrogen-bond donors (Lipinski definition) is 1. The number of aryl methyl sites for hydroxylation is 1.